The van der Waals surface area contributed by atoms with Gasteiger partial charge in [-0.2, -0.15) is 0 Å². The first-order chi connectivity index (χ1) is 10.1. The minimum absolute atomic E-state index is 0.155. The zero-order valence-electron chi connectivity index (χ0n) is 11.0. The van der Waals surface area contributed by atoms with Crippen molar-refractivity contribution in [3.05, 3.63) is 76.1 Å². The molecule has 1 aromatic heterocycles. The second-order valence-electron chi connectivity index (χ2n) is 4.69. The second-order valence-corrected chi connectivity index (χ2v) is 4.69. The van der Waals surface area contributed by atoms with E-state index in [-0.39, 0.29) is 17.8 Å². The molecule has 0 bridgehead atoms. The molecule has 0 atom stereocenters. The number of nitrogens with one attached hydrogen (secondary N) is 2. The average molecular weight is 286 g/mol. The summed E-state index contributed by atoms with van der Waals surface area (Å²) in [5, 5.41) is 3.70. The van der Waals surface area contributed by atoms with Crippen LogP contribution in [0.4, 0.5) is 14.5 Å². The number of rotatable bonds is 3. The quantitative estimate of drug-likeness (QED) is 0.775. The monoisotopic (exact) mass is 286 g/mol. The maximum Gasteiger partial charge on any atom is 0.253 e. The normalized spacial score (nSPS) is 10.8. The SMILES string of the molecule is O=c1[nH]c2ccccc2cc1CNc1ccc(F)cc1F. The Morgan fingerprint density at radius 1 is 1.05 bits per heavy atom. The predicted molar refractivity (Wildman–Crippen MR) is 78.3 cm³/mol. The number of aromatic amines is 1. The molecule has 0 aliphatic rings. The molecule has 0 saturated heterocycles. The highest BCUT2D eigenvalue weighted by Crippen LogP contribution is 2.16. The van der Waals surface area contributed by atoms with Gasteiger partial charge < -0.3 is 10.3 Å². The van der Waals surface area contributed by atoms with Crippen LogP contribution < -0.4 is 10.9 Å². The van der Waals surface area contributed by atoms with Crippen LogP contribution in [0.3, 0.4) is 0 Å². The third-order valence-electron chi connectivity index (χ3n) is 3.23. The molecule has 0 unspecified atom stereocenters. The molecule has 2 aromatic carbocycles. The lowest BCUT2D eigenvalue weighted by Crippen LogP contribution is -2.16. The molecule has 3 rings (SSSR count). The van der Waals surface area contributed by atoms with Crippen molar-refractivity contribution in [3.63, 3.8) is 0 Å². The topological polar surface area (TPSA) is 44.9 Å². The van der Waals surface area contributed by atoms with Gasteiger partial charge in [-0.1, -0.05) is 18.2 Å². The zero-order chi connectivity index (χ0) is 14.8. The van der Waals surface area contributed by atoms with E-state index in [0.29, 0.717) is 5.56 Å². The molecule has 2 N–H and O–H groups in total. The van der Waals surface area contributed by atoms with Crippen molar-refractivity contribution >= 4 is 16.6 Å². The lowest BCUT2D eigenvalue weighted by molar-refractivity contribution is 0.585. The number of halogens is 2. The number of hydrogen-bond acceptors (Lipinski definition) is 2. The summed E-state index contributed by atoms with van der Waals surface area (Å²) in [6.45, 7) is 0.155. The maximum atomic E-state index is 13.5. The van der Waals surface area contributed by atoms with Crippen molar-refractivity contribution in [2.75, 3.05) is 5.32 Å². The number of anilines is 1. The van der Waals surface area contributed by atoms with Crippen LogP contribution in [0.25, 0.3) is 10.9 Å². The van der Waals surface area contributed by atoms with E-state index in [0.717, 1.165) is 23.0 Å². The molecular formula is C16H12F2N2O. The number of aromatic nitrogens is 1. The summed E-state index contributed by atoms with van der Waals surface area (Å²) in [5.41, 5.74) is 1.16. The van der Waals surface area contributed by atoms with Gasteiger partial charge in [0.1, 0.15) is 11.6 Å². The van der Waals surface area contributed by atoms with Gasteiger partial charge in [-0.15, -0.1) is 0 Å². The highest BCUT2D eigenvalue weighted by molar-refractivity contribution is 5.78. The number of benzene rings is 2. The molecule has 0 aliphatic heterocycles. The van der Waals surface area contributed by atoms with E-state index in [2.05, 4.69) is 10.3 Å². The summed E-state index contributed by atoms with van der Waals surface area (Å²) in [6.07, 6.45) is 0. The van der Waals surface area contributed by atoms with Crippen LogP contribution in [0, 0.1) is 11.6 Å². The van der Waals surface area contributed by atoms with Crippen LogP contribution in [-0.4, -0.2) is 4.98 Å². The third-order valence-corrected chi connectivity index (χ3v) is 3.23. The summed E-state index contributed by atoms with van der Waals surface area (Å²) in [6, 6.07) is 12.4. The molecule has 0 amide bonds. The van der Waals surface area contributed by atoms with Crippen molar-refractivity contribution in [1.29, 1.82) is 0 Å². The summed E-state index contributed by atoms with van der Waals surface area (Å²) in [5.74, 6) is -1.33. The number of H-pyrrole nitrogens is 1. The molecule has 5 heteroatoms. The zero-order valence-corrected chi connectivity index (χ0v) is 11.0. The van der Waals surface area contributed by atoms with E-state index in [4.69, 9.17) is 0 Å². The Bertz CT molecular complexity index is 858. The first-order valence-electron chi connectivity index (χ1n) is 6.43. The fourth-order valence-corrected chi connectivity index (χ4v) is 2.15. The second kappa shape index (κ2) is 5.36. The average Bonchev–Trinajstić information content (AvgIpc) is 2.46. The number of hydrogen-bond donors (Lipinski definition) is 2. The van der Waals surface area contributed by atoms with Crippen molar-refractivity contribution in [2.24, 2.45) is 0 Å². The van der Waals surface area contributed by atoms with Gasteiger partial charge in [0.15, 0.2) is 0 Å². The van der Waals surface area contributed by atoms with E-state index in [1.54, 1.807) is 6.07 Å². The number of para-hydroxylation sites is 1. The van der Waals surface area contributed by atoms with Gasteiger partial charge in [0.05, 0.1) is 5.69 Å². The smallest absolute Gasteiger partial charge is 0.253 e. The van der Waals surface area contributed by atoms with Crippen molar-refractivity contribution in [1.82, 2.24) is 4.98 Å². The van der Waals surface area contributed by atoms with E-state index in [1.807, 2.05) is 24.3 Å². The van der Waals surface area contributed by atoms with Gasteiger partial charge in [0.25, 0.3) is 5.56 Å². The van der Waals surface area contributed by atoms with Gasteiger partial charge in [0, 0.05) is 23.7 Å². The Balaban J connectivity index is 1.88. The van der Waals surface area contributed by atoms with Gasteiger partial charge in [-0.25, -0.2) is 8.78 Å². The summed E-state index contributed by atoms with van der Waals surface area (Å²) in [7, 11) is 0. The molecule has 1 heterocycles. The molecule has 0 spiro atoms. The van der Waals surface area contributed by atoms with E-state index in [9.17, 15) is 13.6 Å². The van der Waals surface area contributed by atoms with E-state index >= 15 is 0 Å². The number of pyridine rings is 1. The summed E-state index contributed by atoms with van der Waals surface area (Å²) < 4.78 is 26.3. The van der Waals surface area contributed by atoms with Crippen molar-refractivity contribution < 1.29 is 8.78 Å². The van der Waals surface area contributed by atoms with Crippen LogP contribution in [0.1, 0.15) is 5.56 Å². The molecule has 0 saturated carbocycles. The fraction of sp³-hybridized carbons (Fsp3) is 0.0625. The molecule has 0 fully saturated rings. The van der Waals surface area contributed by atoms with Gasteiger partial charge in [0.2, 0.25) is 0 Å². The Kier molecular flexibility index (Phi) is 3.39. The molecule has 3 nitrogen and oxygen atoms in total. The molecule has 3 aromatic rings. The minimum Gasteiger partial charge on any atom is -0.378 e. The Labute approximate surface area is 119 Å². The lowest BCUT2D eigenvalue weighted by atomic mass is 10.1. The standard InChI is InChI=1S/C16H12F2N2O/c17-12-5-6-15(13(18)8-12)19-9-11-7-10-3-1-2-4-14(10)20-16(11)21/h1-8,19H,9H2,(H,20,21). The van der Waals surface area contributed by atoms with Crippen LogP contribution >= 0.6 is 0 Å². The van der Waals surface area contributed by atoms with E-state index < -0.39 is 11.6 Å². The van der Waals surface area contributed by atoms with Crippen LogP contribution in [-0.2, 0) is 6.54 Å². The largest absolute Gasteiger partial charge is 0.378 e. The Hall–Kier alpha value is -2.69. The fourth-order valence-electron chi connectivity index (χ4n) is 2.15. The number of fused-ring (bicyclic) bond motifs is 1. The Morgan fingerprint density at radius 2 is 1.86 bits per heavy atom. The van der Waals surface area contributed by atoms with Crippen LogP contribution in [0.2, 0.25) is 0 Å². The molecule has 0 aliphatic carbocycles. The summed E-state index contributed by atoms with van der Waals surface area (Å²) in [4.78, 5) is 14.7. The first-order valence-corrected chi connectivity index (χ1v) is 6.43. The highest BCUT2D eigenvalue weighted by Gasteiger charge is 2.06. The molecular weight excluding hydrogens is 274 g/mol. The van der Waals surface area contributed by atoms with Crippen molar-refractivity contribution in [2.45, 2.75) is 6.54 Å². The van der Waals surface area contributed by atoms with Gasteiger partial charge >= 0.3 is 0 Å². The molecule has 21 heavy (non-hydrogen) atoms. The van der Waals surface area contributed by atoms with Gasteiger partial charge in [-0.3, -0.25) is 4.79 Å². The van der Waals surface area contributed by atoms with Crippen LogP contribution in [0.5, 0.6) is 0 Å². The summed E-state index contributed by atoms with van der Waals surface area (Å²) >= 11 is 0. The first kappa shape index (κ1) is 13.3. The minimum atomic E-state index is -0.688. The molecule has 106 valence electrons. The lowest BCUT2D eigenvalue weighted by Gasteiger charge is -2.08. The van der Waals surface area contributed by atoms with E-state index in [1.165, 1.54) is 6.07 Å². The maximum absolute atomic E-state index is 13.5. The highest BCUT2D eigenvalue weighted by atomic mass is 19.1. The Morgan fingerprint density at radius 3 is 2.67 bits per heavy atom. The van der Waals surface area contributed by atoms with Crippen LogP contribution in [0.15, 0.2) is 53.3 Å². The van der Waals surface area contributed by atoms with Gasteiger partial charge in [-0.05, 0) is 29.7 Å². The molecule has 0 radical (unpaired) electrons. The predicted octanol–water partition coefficient (Wildman–Crippen LogP) is 3.42. The van der Waals surface area contributed by atoms with Crippen molar-refractivity contribution in [3.8, 4) is 0 Å². The third kappa shape index (κ3) is 2.76.